The van der Waals surface area contributed by atoms with Crippen LogP contribution in [0, 0.1) is 0 Å². The van der Waals surface area contributed by atoms with Crippen LogP contribution in [0.15, 0.2) is 60.9 Å². The molecule has 1 N–H and O–H groups in total. The zero-order chi connectivity index (χ0) is 19.4. The molecule has 0 aliphatic carbocycles. The molecule has 0 fully saturated rings. The Morgan fingerprint density at radius 1 is 1.04 bits per heavy atom. The minimum Gasteiger partial charge on any atom is -0.359 e. The summed E-state index contributed by atoms with van der Waals surface area (Å²) in [4.78, 5) is 15.8. The highest BCUT2D eigenvalue weighted by molar-refractivity contribution is 5.78. The van der Waals surface area contributed by atoms with Crippen LogP contribution in [0.4, 0.5) is 13.2 Å². The molecule has 1 heterocycles. The van der Waals surface area contributed by atoms with Gasteiger partial charge < -0.3 is 5.32 Å². The Hall–Kier alpha value is -3.09. The Labute approximate surface area is 154 Å². The molecule has 1 amide bonds. The molecule has 3 aromatic rings. The van der Waals surface area contributed by atoms with Crippen molar-refractivity contribution in [3.8, 4) is 17.1 Å². The fourth-order valence-electron chi connectivity index (χ4n) is 2.78. The lowest BCUT2D eigenvalue weighted by atomic mass is 10.1. The second-order valence-corrected chi connectivity index (χ2v) is 6.13. The number of rotatable bonds is 5. The van der Waals surface area contributed by atoms with E-state index in [0.717, 1.165) is 16.8 Å². The molecular weight excluding hydrogens is 355 g/mol. The van der Waals surface area contributed by atoms with E-state index in [1.54, 1.807) is 31.6 Å². The predicted molar refractivity (Wildman–Crippen MR) is 96.5 cm³/mol. The van der Waals surface area contributed by atoms with Crippen LogP contribution in [0.2, 0.25) is 0 Å². The summed E-state index contributed by atoms with van der Waals surface area (Å²) in [5, 5.41) is 2.58. The van der Waals surface area contributed by atoms with Crippen LogP contribution in [-0.2, 0) is 17.6 Å². The maximum atomic E-state index is 12.5. The molecule has 0 unspecified atom stereocenters. The number of alkyl halides is 3. The summed E-state index contributed by atoms with van der Waals surface area (Å²) in [7, 11) is 1.59. The summed E-state index contributed by atoms with van der Waals surface area (Å²) < 4.78 is 39.3. The predicted octanol–water partition coefficient (Wildman–Crippen LogP) is 3.93. The van der Waals surface area contributed by atoms with Gasteiger partial charge in [0.25, 0.3) is 0 Å². The van der Waals surface area contributed by atoms with Crippen LogP contribution in [0.5, 0.6) is 0 Å². The van der Waals surface area contributed by atoms with Crippen molar-refractivity contribution in [2.45, 2.75) is 19.0 Å². The number of halogens is 3. The van der Waals surface area contributed by atoms with Crippen molar-refractivity contribution in [2.75, 3.05) is 7.05 Å². The van der Waals surface area contributed by atoms with E-state index < -0.39 is 12.6 Å². The van der Waals surface area contributed by atoms with E-state index >= 15 is 0 Å². The number of nitrogens with one attached hydrogen (secondary N) is 1. The van der Waals surface area contributed by atoms with Gasteiger partial charge in [0.15, 0.2) is 0 Å². The van der Waals surface area contributed by atoms with Crippen molar-refractivity contribution >= 4 is 5.91 Å². The van der Waals surface area contributed by atoms with Gasteiger partial charge >= 0.3 is 6.18 Å². The molecule has 0 saturated heterocycles. The van der Waals surface area contributed by atoms with E-state index in [-0.39, 0.29) is 11.5 Å². The van der Waals surface area contributed by atoms with Crippen molar-refractivity contribution in [2.24, 2.45) is 0 Å². The van der Waals surface area contributed by atoms with E-state index in [9.17, 15) is 18.0 Å². The second kappa shape index (κ2) is 7.65. The Balaban J connectivity index is 1.82. The largest absolute Gasteiger partial charge is 0.393 e. The lowest BCUT2D eigenvalue weighted by Gasteiger charge is -2.10. The summed E-state index contributed by atoms with van der Waals surface area (Å²) in [5.74, 6) is 0.567. The highest BCUT2D eigenvalue weighted by atomic mass is 19.4. The lowest BCUT2D eigenvalue weighted by Crippen LogP contribution is -2.19. The zero-order valence-corrected chi connectivity index (χ0v) is 14.6. The van der Waals surface area contributed by atoms with Gasteiger partial charge in [-0.1, -0.05) is 36.4 Å². The molecule has 27 heavy (non-hydrogen) atoms. The third kappa shape index (κ3) is 4.75. The fourth-order valence-corrected chi connectivity index (χ4v) is 2.78. The molecule has 1 aromatic heterocycles. The second-order valence-electron chi connectivity index (χ2n) is 6.13. The first kappa shape index (κ1) is 18.7. The van der Waals surface area contributed by atoms with Gasteiger partial charge in [-0.25, -0.2) is 4.98 Å². The molecule has 0 aliphatic rings. The molecule has 2 aromatic carbocycles. The number of amides is 1. The SMILES string of the molecule is CNC(=O)Cc1ccc(-n2ccnc2-c2ccc(CC(F)(F)F)cc2)cc1. The Morgan fingerprint density at radius 2 is 1.67 bits per heavy atom. The number of carbonyl (C=O) groups excluding carboxylic acids is 1. The summed E-state index contributed by atoms with van der Waals surface area (Å²) in [6, 6.07) is 13.7. The highest BCUT2D eigenvalue weighted by Crippen LogP contribution is 2.25. The number of likely N-dealkylation sites (N-methyl/N-ethyl adjacent to an activating group) is 1. The van der Waals surface area contributed by atoms with Crippen LogP contribution >= 0.6 is 0 Å². The number of hydrogen-bond donors (Lipinski definition) is 1. The van der Waals surface area contributed by atoms with Gasteiger partial charge in [0, 0.05) is 30.7 Å². The summed E-state index contributed by atoms with van der Waals surface area (Å²) >= 11 is 0. The number of benzene rings is 2. The lowest BCUT2D eigenvalue weighted by molar-refractivity contribution is -0.127. The Kier molecular flexibility index (Phi) is 5.30. The monoisotopic (exact) mass is 373 g/mol. The minimum absolute atomic E-state index is 0.0648. The standard InChI is InChI=1S/C20H18F3N3O/c1-24-18(27)12-14-4-8-17(9-5-14)26-11-10-25-19(26)16-6-2-15(3-7-16)13-20(21,22)23/h2-11H,12-13H2,1H3,(H,24,27). The molecule has 7 heteroatoms. The van der Waals surface area contributed by atoms with Gasteiger partial charge in [-0.15, -0.1) is 0 Å². The van der Waals surface area contributed by atoms with Crippen molar-refractivity contribution in [3.63, 3.8) is 0 Å². The summed E-state index contributed by atoms with van der Waals surface area (Å²) in [5.41, 5.74) is 2.67. The molecule has 140 valence electrons. The molecule has 0 spiro atoms. The first-order chi connectivity index (χ1) is 12.9. The van der Waals surface area contributed by atoms with Crippen molar-refractivity contribution in [1.82, 2.24) is 14.9 Å². The van der Waals surface area contributed by atoms with Gasteiger partial charge in [-0.05, 0) is 23.3 Å². The third-order valence-corrected chi connectivity index (χ3v) is 4.12. The topological polar surface area (TPSA) is 46.9 Å². The van der Waals surface area contributed by atoms with Gasteiger partial charge in [0.2, 0.25) is 5.91 Å². The molecule has 0 saturated carbocycles. The van der Waals surface area contributed by atoms with Crippen molar-refractivity contribution < 1.29 is 18.0 Å². The van der Waals surface area contributed by atoms with E-state index in [0.29, 0.717) is 12.2 Å². The highest BCUT2D eigenvalue weighted by Gasteiger charge is 2.27. The number of nitrogens with zero attached hydrogens (tertiary/aromatic N) is 2. The number of carbonyl (C=O) groups is 1. The van der Waals surface area contributed by atoms with Gasteiger partial charge in [0.1, 0.15) is 5.82 Å². The summed E-state index contributed by atoms with van der Waals surface area (Å²) in [6.07, 6.45) is -1.46. The zero-order valence-electron chi connectivity index (χ0n) is 14.6. The Morgan fingerprint density at radius 3 is 2.26 bits per heavy atom. The molecule has 3 rings (SSSR count). The molecule has 4 nitrogen and oxygen atoms in total. The van der Waals surface area contributed by atoms with Crippen LogP contribution in [0.1, 0.15) is 11.1 Å². The van der Waals surface area contributed by atoms with E-state index in [4.69, 9.17) is 0 Å². The smallest absolute Gasteiger partial charge is 0.359 e. The number of aromatic nitrogens is 2. The fraction of sp³-hybridized carbons (Fsp3) is 0.200. The van der Waals surface area contributed by atoms with Gasteiger partial charge in [-0.2, -0.15) is 13.2 Å². The minimum atomic E-state index is -4.23. The third-order valence-electron chi connectivity index (χ3n) is 4.12. The van der Waals surface area contributed by atoms with Crippen LogP contribution in [0.25, 0.3) is 17.1 Å². The molecule has 0 radical (unpaired) electrons. The maximum Gasteiger partial charge on any atom is 0.393 e. The quantitative estimate of drug-likeness (QED) is 0.737. The average molecular weight is 373 g/mol. The molecule has 0 aliphatic heterocycles. The maximum absolute atomic E-state index is 12.5. The normalized spacial score (nSPS) is 11.4. The molecular formula is C20H18F3N3O. The van der Waals surface area contributed by atoms with E-state index in [1.807, 2.05) is 28.8 Å². The number of imidazole rings is 1. The van der Waals surface area contributed by atoms with Gasteiger partial charge in [-0.3, -0.25) is 9.36 Å². The first-order valence-electron chi connectivity index (χ1n) is 8.35. The molecule has 0 bridgehead atoms. The average Bonchev–Trinajstić information content (AvgIpc) is 3.11. The van der Waals surface area contributed by atoms with Crippen LogP contribution < -0.4 is 5.32 Å². The molecule has 0 atom stereocenters. The van der Waals surface area contributed by atoms with Crippen molar-refractivity contribution in [1.29, 1.82) is 0 Å². The Bertz CT molecular complexity index is 913. The summed E-state index contributed by atoms with van der Waals surface area (Å²) in [6.45, 7) is 0. The van der Waals surface area contributed by atoms with E-state index in [2.05, 4.69) is 10.3 Å². The first-order valence-corrected chi connectivity index (χ1v) is 8.35. The van der Waals surface area contributed by atoms with Crippen LogP contribution in [0.3, 0.4) is 0 Å². The number of hydrogen-bond acceptors (Lipinski definition) is 2. The van der Waals surface area contributed by atoms with Crippen LogP contribution in [-0.4, -0.2) is 28.7 Å². The van der Waals surface area contributed by atoms with Crippen molar-refractivity contribution in [3.05, 3.63) is 72.1 Å². The van der Waals surface area contributed by atoms with E-state index in [1.165, 1.54) is 12.1 Å². The van der Waals surface area contributed by atoms with Gasteiger partial charge in [0.05, 0.1) is 12.8 Å².